The zero-order chi connectivity index (χ0) is 16.0. The highest BCUT2D eigenvalue weighted by Crippen LogP contribution is 2.72. The van der Waals surface area contributed by atoms with Gasteiger partial charge in [-0.3, -0.25) is 4.79 Å². The second-order valence-corrected chi connectivity index (χ2v) is 9.82. The van der Waals surface area contributed by atoms with E-state index in [-0.39, 0.29) is 16.2 Å². The SMILES string of the molecule is CC1(C)c2ccccc2C(=O)C1(C)C12CC3CC(CC(C3)C1)C2. The molecule has 6 rings (SSSR count). The van der Waals surface area contributed by atoms with E-state index in [1.807, 2.05) is 6.07 Å². The lowest BCUT2D eigenvalue weighted by Gasteiger charge is -2.64. The van der Waals surface area contributed by atoms with E-state index in [4.69, 9.17) is 0 Å². The molecule has 0 amide bonds. The number of hydrogen-bond donors (Lipinski definition) is 0. The highest BCUT2D eigenvalue weighted by molar-refractivity contribution is 6.07. The standard InChI is InChI=1S/C22H28O/c1-20(2)18-7-5-4-6-17(18)19(23)21(20,3)22-11-14-8-15(12-22)10-16(9-14)13-22/h4-7,14-16H,8-13H2,1-3H3. The summed E-state index contributed by atoms with van der Waals surface area (Å²) in [6.45, 7) is 7.02. The Kier molecular flexibility index (Phi) is 2.54. The lowest BCUT2D eigenvalue weighted by molar-refractivity contribution is -0.127. The molecule has 0 radical (unpaired) electrons. The molecule has 0 aromatic heterocycles. The molecule has 1 heteroatoms. The lowest BCUT2D eigenvalue weighted by Crippen LogP contribution is -2.60. The summed E-state index contributed by atoms with van der Waals surface area (Å²) in [7, 11) is 0. The van der Waals surface area contributed by atoms with Crippen molar-refractivity contribution >= 4 is 5.78 Å². The molecule has 4 fully saturated rings. The average molecular weight is 308 g/mol. The Morgan fingerprint density at radius 1 is 0.870 bits per heavy atom. The Bertz CT molecular complexity index is 662. The first-order valence-corrected chi connectivity index (χ1v) is 9.52. The van der Waals surface area contributed by atoms with E-state index in [0.29, 0.717) is 5.78 Å². The topological polar surface area (TPSA) is 17.1 Å². The minimum absolute atomic E-state index is 0.0493. The van der Waals surface area contributed by atoms with Crippen molar-refractivity contribution in [3.8, 4) is 0 Å². The molecule has 1 aromatic carbocycles. The molecular weight excluding hydrogens is 280 g/mol. The van der Waals surface area contributed by atoms with Gasteiger partial charge in [0, 0.05) is 16.4 Å². The van der Waals surface area contributed by atoms with Crippen molar-refractivity contribution in [1.82, 2.24) is 0 Å². The molecule has 4 saturated carbocycles. The number of rotatable bonds is 1. The summed E-state index contributed by atoms with van der Waals surface area (Å²) in [5.41, 5.74) is 2.28. The van der Waals surface area contributed by atoms with Crippen molar-refractivity contribution in [3.05, 3.63) is 35.4 Å². The summed E-state index contributed by atoms with van der Waals surface area (Å²) in [6, 6.07) is 8.43. The van der Waals surface area contributed by atoms with E-state index >= 15 is 0 Å². The summed E-state index contributed by atoms with van der Waals surface area (Å²) in [6.07, 6.45) is 8.24. The molecule has 23 heavy (non-hydrogen) atoms. The number of benzene rings is 1. The number of Topliss-reactive ketones (excluding diaryl/α,β-unsaturated/α-hetero) is 1. The van der Waals surface area contributed by atoms with Crippen LogP contribution in [0.2, 0.25) is 0 Å². The fraction of sp³-hybridized carbons (Fsp3) is 0.682. The van der Waals surface area contributed by atoms with E-state index < -0.39 is 0 Å². The van der Waals surface area contributed by atoms with Gasteiger partial charge in [-0.15, -0.1) is 0 Å². The maximum absolute atomic E-state index is 13.6. The molecule has 0 N–H and O–H groups in total. The number of carbonyl (C=O) groups excluding carboxylic acids is 1. The van der Waals surface area contributed by atoms with Gasteiger partial charge in [0.05, 0.1) is 0 Å². The molecule has 1 atom stereocenters. The van der Waals surface area contributed by atoms with Crippen LogP contribution in [0, 0.1) is 28.6 Å². The summed E-state index contributed by atoms with van der Waals surface area (Å²) in [5, 5.41) is 0. The van der Waals surface area contributed by atoms with E-state index in [1.54, 1.807) is 0 Å². The lowest BCUT2D eigenvalue weighted by atomic mass is 9.39. The third-order valence-corrected chi connectivity index (χ3v) is 8.65. The summed E-state index contributed by atoms with van der Waals surface area (Å²) >= 11 is 0. The Labute approximate surface area is 139 Å². The number of fused-ring (bicyclic) bond motifs is 1. The van der Waals surface area contributed by atoms with Crippen LogP contribution in [0.3, 0.4) is 0 Å². The molecule has 0 saturated heterocycles. The van der Waals surface area contributed by atoms with Crippen LogP contribution < -0.4 is 0 Å². The van der Waals surface area contributed by atoms with E-state index in [2.05, 4.69) is 39.0 Å². The Hall–Kier alpha value is -1.11. The second-order valence-electron chi connectivity index (χ2n) is 9.82. The smallest absolute Gasteiger partial charge is 0.170 e. The first-order valence-electron chi connectivity index (χ1n) is 9.52. The van der Waals surface area contributed by atoms with Gasteiger partial charge in [0.15, 0.2) is 5.78 Å². The number of hydrogen-bond acceptors (Lipinski definition) is 1. The molecule has 5 aliphatic rings. The van der Waals surface area contributed by atoms with Crippen molar-refractivity contribution in [3.63, 3.8) is 0 Å². The highest BCUT2D eigenvalue weighted by atomic mass is 16.1. The molecule has 1 aromatic rings. The van der Waals surface area contributed by atoms with Crippen LogP contribution in [0.4, 0.5) is 0 Å². The quantitative estimate of drug-likeness (QED) is 0.680. The zero-order valence-corrected chi connectivity index (χ0v) is 14.7. The average Bonchev–Trinajstić information content (AvgIpc) is 2.66. The van der Waals surface area contributed by atoms with Crippen LogP contribution in [-0.2, 0) is 5.41 Å². The van der Waals surface area contributed by atoms with Gasteiger partial charge in [0.2, 0.25) is 0 Å². The Morgan fingerprint density at radius 3 is 1.91 bits per heavy atom. The molecule has 0 heterocycles. The Balaban J connectivity index is 1.70. The van der Waals surface area contributed by atoms with Crippen LogP contribution in [0.1, 0.15) is 75.2 Å². The summed E-state index contributed by atoms with van der Waals surface area (Å²) in [4.78, 5) is 13.6. The van der Waals surface area contributed by atoms with Gasteiger partial charge >= 0.3 is 0 Å². The van der Waals surface area contributed by atoms with Gasteiger partial charge in [-0.25, -0.2) is 0 Å². The largest absolute Gasteiger partial charge is 0.294 e. The van der Waals surface area contributed by atoms with Gasteiger partial charge in [-0.05, 0) is 67.3 Å². The Morgan fingerprint density at radius 2 is 1.39 bits per heavy atom. The minimum Gasteiger partial charge on any atom is -0.294 e. The highest BCUT2D eigenvalue weighted by Gasteiger charge is 2.68. The van der Waals surface area contributed by atoms with Gasteiger partial charge in [0.25, 0.3) is 0 Å². The molecule has 122 valence electrons. The monoisotopic (exact) mass is 308 g/mol. The molecule has 1 nitrogen and oxygen atoms in total. The van der Waals surface area contributed by atoms with Crippen molar-refractivity contribution in [1.29, 1.82) is 0 Å². The normalized spacial score (nSPS) is 46.2. The fourth-order valence-electron chi connectivity index (χ4n) is 7.68. The molecule has 1 unspecified atom stereocenters. The van der Waals surface area contributed by atoms with Crippen molar-refractivity contribution < 1.29 is 4.79 Å². The predicted molar refractivity (Wildman–Crippen MR) is 92.5 cm³/mol. The van der Waals surface area contributed by atoms with Gasteiger partial charge < -0.3 is 0 Å². The molecule has 0 spiro atoms. The van der Waals surface area contributed by atoms with Crippen LogP contribution in [0.5, 0.6) is 0 Å². The molecule has 0 aliphatic heterocycles. The first kappa shape index (κ1) is 14.3. The zero-order valence-electron chi connectivity index (χ0n) is 14.7. The van der Waals surface area contributed by atoms with Crippen LogP contribution >= 0.6 is 0 Å². The minimum atomic E-state index is -0.223. The molecule has 4 bridgehead atoms. The van der Waals surface area contributed by atoms with Crippen molar-refractivity contribution in [2.75, 3.05) is 0 Å². The molecular formula is C22H28O. The van der Waals surface area contributed by atoms with E-state index in [1.165, 1.54) is 44.1 Å². The van der Waals surface area contributed by atoms with E-state index in [9.17, 15) is 4.79 Å². The van der Waals surface area contributed by atoms with E-state index in [0.717, 1.165) is 23.3 Å². The maximum atomic E-state index is 13.6. The first-order chi connectivity index (χ1) is 10.9. The van der Waals surface area contributed by atoms with Crippen LogP contribution in [0.25, 0.3) is 0 Å². The maximum Gasteiger partial charge on any atom is 0.170 e. The third-order valence-electron chi connectivity index (χ3n) is 8.65. The fourth-order valence-corrected chi connectivity index (χ4v) is 7.68. The van der Waals surface area contributed by atoms with Gasteiger partial charge in [-0.2, -0.15) is 0 Å². The number of ketones is 1. The molecule has 5 aliphatic carbocycles. The predicted octanol–water partition coefficient (Wildman–Crippen LogP) is 5.38. The summed E-state index contributed by atoms with van der Waals surface area (Å²) in [5.74, 6) is 3.13. The van der Waals surface area contributed by atoms with Crippen molar-refractivity contribution in [2.45, 2.75) is 64.7 Å². The third kappa shape index (κ3) is 1.48. The summed E-state index contributed by atoms with van der Waals surface area (Å²) < 4.78 is 0. The number of carbonyl (C=O) groups is 1. The van der Waals surface area contributed by atoms with Crippen LogP contribution in [0.15, 0.2) is 24.3 Å². The van der Waals surface area contributed by atoms with Crippen molar-refractivity contribution in [2.24, 2.45) is 28.6 Å². The van der Waals surface area contributed by atoms with Gasteiger partial charge in [0.1, 0.15) is 0 Å². The second kappa shape index (κ2) is 4.10. The van der Waals surface area contributed by atoms with Gasteiger partial charge in [-0.1, -0.05) is 45.0 Å². The van der Waals surface area contributed by atoms with Crippen LogP contribution in [-0.4, -0.2) is 5.78 Å².